The van der Waals surface area contributed by atoms with Crippen LogP contribution in [0.4, 0.5) is 0 Å². The van der Waals surface area contributed by atoms with Gasteiger partial charge in [-0.2, -0.15) is 0 Å². The van der Waals surface area contributed by atoms with Gasteiger partial charge in [0.25, 0.3) is 0 Å². The van der Waals surface area contributed by atoms with Gasteiger partial charge in [-0.3, -0.25) is 9.59 Å². The molecule has 0 spiro atoms. The van der Waals surface area contributed by atoms with Crippen LogP contribution < -0.4 is 0 Å². The summed E-state index contributed by atoms with van der Waals surface area (Å²) in [6.07, 6.45) is 0. The molecule has 2 aromatic carbocycles. The lowest BCUT2D eigenvalue weighted by Crippen LogP contribution is -1.98. The number of hydrogen-bond acceptors (Lipinski definition) is 3. The van der Waals surface area contributed by atoms with E-state index in [0.29, 0.717) is 21.2 Å². The standard InChI is InChI=1S/2C8H6Cl2O.CH2O/c2*9-5-8(11)6-1-3-7(10)4-2-6;1-2/h2*1-4H,5H2;1H2. The molecule has 128 valence electrons. The van der Waals surface area contributed by atoms with Gasteiger partial charge in [0.2, 0.25) is 0 Å². The Morgan fingerprint density at radius 1 is 0.667 bits per heavy atom. The number of Topliss-reactive ketones (excluding diaryl/α,β-unsaturated/α-hetero) is 2. The van der Waals surface area contributed by atoms with Gasteiger partial charge in [0.1, 0.15) is 6.79 Å². The zero-order valence-electron chi connectivity index (χ0n) is 12.5. The Hall–Kier alpha value is -1.39. The van der Waals surface area contributed by atoms with Crippen LogP contribution in [0.15, 0.2) is 48.5 Å². The summed E-state index contributed by atoms with van der Waals surface area (Å²) in [5.41, 5.74) is 1.20. The maximum atomic E-state index is 10.9. The molecular weight excluding hydrogens is 394 g/mol. The highest BCUT2D eigenvalue weighted by Gasteiger charge is 2.02. The summed E-state index contributed by atoms with van der Waals surface area (Å²) in [5, 5.41) is 1.24. The second-order valence-electron chi connectivity index (χ2n) is 4.13. The first-order chi connectivity index (χ1) is 11.5. The van der Waals surface area contributed by atoms with Crippen molar-refractivity contribution < 1.29 is 14.4 Å². The summed E-state index contributed by atoms with van der Waals surface area (Å²) in [4.78, 5) is 29.9. The van der Waals surface area contributed by atoms with Crippen molar-refractivity contribution in [1.29, 1.82) is 0 Å². The van der Waals surface area contributed by atoms with Crippen molar-refractivity contribution in [2.45, 2.75) is 0 Å². The zero-order chi connectivity index (χ0) is 18.5. The van der Waals surface area contributed by atoms with E-state index in [0.717, 1.165) is 0 Å². The Kier molecular flexibility index (Phi) is 12.2. The number of benzene rings is 2. The van der Waals surface area contributed by atoms with Crippen molar-refractivity contribution in [3.63, 3.8) is 0 Å². The molecule has 0 heterocycles. The van der Waals surface area contributed by atoms with Gasteiger partial charge >= 0.3 is 0 Å². The summed E-state index contributed by atoms with van der Waals surface area (Å²) < 4.78 is 0. The zero-order valence-corrected chi connectivity index (χ0v) is 15.5. The molecule has 0 saturated heterocycles. The van der Waals surface area contributed by atoms with E-state index in [1.807, 2.05) is 6.79 Å². The first-order valence-corrected chi connectivity index (χ1v) is 8.28. The van der Waals surface area contributed by atoms with Gasteiger partial charge in [0.05, 0.1) is 11.8 Å². The fourth-order valence-electron chi connectivity index (χ4n) is 1.43. The lowest BCUT2D eigenvalue weighted by Gasteiger charge is -1.95. The van der Waals surface area contributed by atoms with Crippen molar-refractivity contribution in [3.8, 4) is 0 Å². The van der Waals surface area contributed by atoms with E-state index in [4.69, 9.17) is 51.2 Å². The molecule has 0 saturated carbocycles. The molecule has 0 unspecified atom stereocenters. The molecule has 0 radical (unpaired) electrons. The molecule has 0 amide bonds. The van der Waals surface area contributed by atoms with Crippen molar-refractivity contribution in [2.75, 3.05) is 11.8 Å². The summed E-state index contributed by atoms with van der Waals surface area (Å²) in [7, 11) is 0. The van der Waals surface area contributed by atoms with Crippen LogP contribution in [0.25, 0.3) is 0 Å². The van der Waals surface area contributed by atoms with E-state index in [1.54, 1.807) is 48.5 Å². The van der Waals surface area contributed by atoms with Gasteiger partial charge in [0, 0.05) is 21.2 Å². The van der Waals surface area contributed by atoms with Crippen molar-refractivity contribution in [2.24, 2.45) is 0 Å². The highest BCUT2D eigenvalue weighted by atomic mass is 35.5. The largest absolute Gasteiger partial charge is 0.307 e. The van der Waals surface area contributed by atoms with Crippen LogP contribution in [-0.4, -0.2) is 30.1 Å². The monoisotopic (exact) mass is 406 g/mol. The van der Waals surface area contributed by atoms with Crippen LogP contribution in [0, 0.1) is 0 Å². The summed E-state index contributed by atoms with van der Waals surface area (Å²) in [6.45, 7) is 2.00. The third-order valence-electron chi connectivity index (χ3n) is 2.58. The molecule has 7 heteroatoms. The normalized spacial score (nSPS) is 9.00. The molecule has 2 rings (SSSR count). The minimum Gasteiger partial charge on any atom is -0.307 e. The third-order valence-corrected chi connectivity index (χ3v) is 3.56. The van der Waals surface area contributed by atoms with Crippen LogP contribution in [-0.2, 0) is 4.79 Å². The molecule has 0 fully saturated rings. The fraction of sp³-hybridized carbons (Fsp3) is 0.118. The van der Waals surface area contributed by atoms with E-state index < -0.39 is 0 Å². The molecule has 2 aromatic rings. The quantitative estimate of drug-likeness (QED) is 0.507. The van der Waals surface area contributed by atoms with Crippen LogP contribution >= 0.6 is 46.4 Å². The molecule has 0 aliphatic heterocycles. The molecular formula is C17H14Cl4O3. The van der Waals surface area contributed by atoms with Crippen molar-refractivity contribution in [3.05, 3.63) is 69.7 Å². The topological polar surface area (TPSA) is 51.2 Å². The number of alkyl halides is 2. The van der Waals surface area contributed by atoms with Gasteiger partial charge < -0.3 is 4.79 Å². The number of rotatable bonds is 4. The second-order valence-corrected chi connectivity index (χ2v) is 5.53. The Morgan fingerprint density at radius 3 is 1.12 bits per heavy atom. The lowest BCUT2D eigenvalue weighted by atomic mass is 10.2. The average molecular weight is 408 g/mol. The average Bonchev–Trinajstić information content (AvgIpc) is 2.64. The number of carbonyl (C=O) groups excluding carboxylic acids is 3. The molecule has 0 aliphatic rings. The summed E-state index contributed by atoms with van der Waals surface area (Å²) >= 11 is 21.9. The van der Waals surface area contributed by atoms with Crippen LogP contribution in [0.5, 0.6) is 0 Å². The first-order valence-electron chi connectivity index (χ1n) is 6.46. The molecule has 3 nitrogen and oxygen atoms in total. The van der Waals surface area contributed by atoms with Gasteiger partial charge in [-0.25, -0.2) is 0 Å². The van der Waals surface area contributed by atoms with Crippen molar-refractivity contribution in [1.82, 2.24) is 0 Å². The van der Waals surface area contributed by atoms with Gasteiger partial charge in [-0.05, 0) is 48.5 Å². The third kappa shape index (κ3) is 8.46. The highest BCUT2D eigenvalue weighted by molar-refractivity contribution is 6.32. The predicted octanol–water partition coefficient (Wildman–Crippen LogP) is 5.34. The molecule has 0 atom stereocenters. The Labute approximate surface area is 160 Å². The van der Waals surface area contributed by atoms with Crippen molar-refractivity contribution >= 4 is 64.8 Å². The van der Waals surface area contributed by atoms with Crippen LogP contribution in [0.1, 0.15) is 20.7 Å². The predicted molar refractivity (Wildman–Crippen MR) is 100 cm³/mol. The highest BCUT2D eigenvalue weighted by Crippen LogP contribution is 2.11. The smallest absolute Gasteiger partial charge is 0.177 e. The Morgan fingerprint density at radius 2 is 0.917 bits per heavy atom. The lowest BCUT2D eigenvalue weighted by molar-refractivity contribution is -0.0980. The van der Waals surface area contributed by atoms with Gasteiger partial charge in [-0.1, -0.05) is 23.2 Å². The number of hydrogen-bond donors (Lipinski definition) is 0. The summed E-state index contributed by atoms with van der Waals surface area (Å²) in [6, 6.07) is 13.3. The number of carbonyl (C=O) groups is 3. The van der Waals surface area contributed by atoms with Crippen LogP contribution in [0.2, 0.25) is 10.0 Å². The second kappa shape index (κ2) is 13.0. The van der Waals surface area contributed by atoms with Gasteiger partial charge in [-0.15, -0.1) is 23.2 Å². The van der Waals surface area contributed by atoms with E-state index in [1.165, 1.54) is 0 Å². The molecule has 0 bridgehead atoms. The van der Waals surface area contributed by atoms with Crippen LogP contribution in [0.3, 0.4) is 0 Å². The minimum absolute atomic E-state index is 0.0155. The summed E-state index contributed by atoms with van der Waals surface area (Å²) in [5.74, 6) is -0.129. The molecule has 24 heavy (non-hydrogen) atoms. The van der Waals surface area contributed by atoms with E-state index in [-0.39, 0.29) is 23.3 Å². The molecule has 0 aromatic heterocycles. The maximum absolute atomic E-state index is 10.9. The van der Waals surface area contributed by atoms with Gasteiger partial charge in [0.15, 0.2) is 11.6 Å². The Bertz CT molecular complexity index is 582. The minimum atomic E-state index is -0.0802. The van der Waals surface area contributed by atoms with E-state index in [9.17, 15) is 9.59 Å². The first kappa shape index (κ1) is 22.6. The SMILES string of the molecule is C=O.O=C(CCl)c1ccc(Cl)cc1.O=C(CCl)c1ccc(Cl)cc1. The Balaban J connectivity index is 0.000000400. The molecule has 0 N–H and O–H groups in total. The maximum Gasteiger partial charge on any atom is 0.177 e. The van der Waals surface area contributed by atoms with E-state index in [2.05, 4.69) is 0 Å². The van der Waals surface area contributed by atoms with E-state index >= 15 is 0 Å². The number of ketones is 2. The number of halogens is 4. The fourth-order valence-corrected chi connectivity index (χ4v) is 1.99. The molecule has 0 aliphatic carbocycles.